The van der Waals surface area contributed by atoms with Crippen LogP contribution in [0.4, 0.5) is 5.69 Å². The summed E-state index contributed by atoms with van der Waals surface area (Å²) in [4.78, 5) is 34.1. The van der Waals surface area contributed by atoms with Gasteiger partial charge in [-0.3, -0.25) is 30.6 Å². The number of nitro groups is 1. The number of para-hydroxylation sites is 2. The molecule has 0 saturated heterocycles. The maximum atomic E-state index is 12.0. The average Bonchev–Trinajstić information content (AvgIpc) is 2.60. The topological polar surface area (TPSA) is 111 Å². The van der Waals surface area contributed by atoms with E-state index >= 15 is 0 Å². The maximum absolute atomic E-state index is 12.0. The standard InChI is InChI=1S/C16H15N3O5/c1-11(24-12-7-3-2-4-8-12)15(20)17-18-16(21)13-9-5-6-10-14(13)19(22)23/h2-11H,1H3,(H,17,20)(H,18,21). The van der Waals surface area contributed by atoms with Gasteiger partial charge in [-0.1, -0.05) is 30.3 Å². The van der Waals surface area contributed by atoms with E-state index in [-0.39, 0.29) is 11.3 Å². The summed E-state index contributed by atoms with van der Waals surface area (Å²) >= 11 is 0. The van der Waals surface area contributed by atoms with Crippen molar-refractivity contribution in [2.24, 2.45) is 0 Å². The molecule has 2 N–H and O–H groups in total. The third kappa shape index (κ3) is 4.29. The van der Waals surface area contributed by atoms with Gasteiger partial charge in [-0.2, -0.15) is 0 Å². The van der Waals surface area contributed by atoms with E-state index in [2.05, 4.69) is 10.9 Å². The number of hydrogen-bond donors (Lipinski definition) is 2. The van der Waals surface area contributed by atoms with Gasteiger partial charge in [0.25, 0.3) is 17.5 Å². The van der Waals surface area contributed by atoms with E-state index in [1.54, 1.807) is 24.3 Å². The molecule has 1 atom stereocenters. The van der Waals surface area contributed by atoms with Crippen molar-refractivity contribution in [3.05, 3.63) is 70.3 Å². The smallest absolute Gasteiger partial charge is 0.282 e. The second-order valence-electron chi connectivity index (χ2n) is 4.79. The van der Waals surface area contributed by atoms with E-state index in [0.29, 0.717) is 5.75 Å². The first-order valence-electron chi connectivity index (χ1n) is 7.04. The number of nitro benzene ring substituents is 1. The second kappa shape index (κ2) is 7.73. The second-order valence-corrected chi connectivity index (χ2v) is 4.79. The van der Waals surface area contributed by atoms with Gasteiger partial charge in [-0.15, -0.1) is 0 Å². The van der Waals surface area contributed by atoms with Crippen molar-refractivity contribution in [1.82, 2.24) is 10.9 Å². The molecule has 2 aromatic carbocycles. The number of ether oxygens (including phenoxy) is 1. The van der Waals surface area contributed by atoms with Crippen LogP contribution in [0.3, 0.4) is 0 Å². The normalized spacial score (nSPS) is 11.2. The Morgan fingerprint density at radius 2 is 1.67 bits per heavy atom. The van der Waals surface area contributed by atoms with Crippen molar-refractivity contribution in [3.8, 4) is 5.75 Å². The first kappa shape index (κ1) is 16.9. The fourth-order valence-corrected chi connectivity index (χ4v) is 1.87. The summed E-state index contributed by atoms with van der Waals surface area (Å²) in [6.07, 6.45) is -0.863. The Bertz CT molecular complexity index is 748. The minimum absolute atomic E-state index is 0.153. The largest absolute Gasteiger partial charge is 0.481 e. The molecule has 8 nitrogen and oxygen atoms in total. The molecule has 0 radical (unpaired) electrons. The Balaban J connectivity index is 1.94. The highest BCUT2D eigenvalue weighted by molar-refractivity contribution is 5.99. The summed E-state index contributed by atoms with van der Waals surface area (Å²) in [6, 6.07) is 14.2. The fraction of sp³-hybridized carbons (Fsp3) is 0.125. The quantitative estimate of drug-likeness (QED) is 0.642. The van der Waals surface area contributed by atoms with Crippen molar-refractivity contribution >= 4 is 17.5 Å². The molecule has 0 saturated carbocycles. The molecule has 8 heteroatoms. The van der Waals surface area contributed by atoms with E-state index in [1.807, 2.05) is 6.07 Å². The van der Waals surface area contributed by atoms with E-state index < -0.39 is 22.8 Å². The molecule has 0 heterocycles. The number of nitrogens with one attached hydrogen (secondary N) is 2. The van der Waals surface area contributed by atoms with Crippen LogP contribution in [0.15, 0.2) is 54.6 Å². The number of hydrazine groups is 1. The number of carbonyl (C=O) groups is 2. The Hall–Kier alpha value is -3.42. The van der Waals surface area contributed by atoms with Crippen LogP contribution in [0.2, 0.25) is 0 Å². The number of nitrogens with zero attached hydrogens (tertiary/aromatic N) is 1. The number of benzene rings is 2. The summed E-state index contributed by atoms with van der Waals surface area (Å²) < 4.78 is 5.40. The zero-order chi connectivity index (χ0) is 17.5. The summed E-state index contributed by atoms with van der Waals surface area (Å²) in [5.41, 5.74) is 3.82. The SMILES string of the molecule is CC(Oc1ccccc1)C(=O)NNC(=O)c1ccccc1[N+](=O)[O-]. The van der Waals surface area contributed by atoms with Gasteiger partial charge in [0.15, 0.2) is 6.10 Å². The van der Waals surface area contributed by atoms with Crippen molar-refractivity contribution in [2.75, 3.05) is 0 Å². The molecule has 0 aliphatic rings. The zero-order valence-corrected chi connectivity index (χ0v) is 12.8. The minimum atomic E-state index is -0.863. The molecule has 0 spiro atoms. The van der Waals surface area contributed by atoms with Crippen LogP contribution in [-0.2, 0) is 4.79 Å². The molecular formula is C16H15N3O5. The molecule has 0 aromatic heterocycles. The molecule has 0 fully saturated rings. The zero-order valence-electron chi connectivity index (χ0n) is 12.8. The van der Waals surface area contributed by atoms with Gasteiger partial charge >= 0.3 is 0 Å². The minimum Gasteiger partial charge on any atom is -0.481 e. The third-order valence-corrected chi connectivity index (χ3v) is 3.07. The molecule has 0 aliphatic heterocycles. The van der Waals surface area contributed by atoms with Gasteiger partial charge in [-0.05, 0) is 25.1 Å². The maximum Gasteiger partial charge on any atom is 0.282 e. The van der Waals surface area contributed by atoms with Crippen molar-refractivity contribution in [2.45, 2.75) is 13.0 Å². The van der Waals surface area contributed by atoms with Crippen LogP contribution in [0.1, 0.15) is 17.3 Å². The summed E-state index contributed by atoms with van der Waals surface area (Å²) in [5, 5.41) is 10.9. The van der Waals surface area contributed by atoms with Gasteiger partial charge < -0.3 is 4.74 Å². The molecule has 124 valence electrons. The molecule has 2 amide bonds. The van der Waals surface area contributed by atoms with E-state index in [0.717, 1.165) is 0 Å². The molecule has 2 rings (SSSR count). The third-order valence-electron chi connectivity index (χ3n) is 3.07. The lowest BCUT2D eigenvalue weighted by Gasteiger charge is -2.15. The van der Waals surface area contributed by atoms with E-state index in [1.165, 1.54) is 31.2 Å². The highest BCUT2D eigenvalue weighted by Gasteiger charge is 2.21. The average molecular weight is 329 g/mol. The molecule has 0 bridgehead atoms. The predicted molar refractivity (Wildman–Crippen MR) is 85.2 cm³/mol. The Morgan fingerprint density at radius 3 is 2.33 bits per heavy atom. The van der Waals surface area contributed by atoms with E-state index in [4.69, 9.17) is 4.74 Å². The van der Waals surface area contributed by atoms with Gasteiger partial charge in [-0.25, -0.2) is 0 Å². The lowest BCUT2D eigenvalue weighted by Crippen LogP contribution is -2.47. The highest BCUT2D eigenvalue weighted by Crippen LogP contribution is 2.17. The van der Waals surface area contributed by atoms with Gasteiger partial charge in [0.05, 0.1) is 4.92 Å². The Labute approximate surface area is 137 Å². The molecule has 24 heavy (non-hydrogen) atoms. The molecular weight excluding hydrogens is 314 g/mol. The van der Waals surface area contributed by atoms with Gasteiger partial charge in [0, 0.05) is 6.07 Å². The van der Waals surface area contributed by atoms with Crippen LogP contribution in [0, 0.1) is 10.1 Å². The predicted octanol–water partition coefficient (Wildman–Crippen LogP) is 1.82. The molecule has 0 aliphatic carbocycles. The lowest BCUT2D eigenvalue weighted by molar-refractivity contribution is -0.385. The van der Waals surface area contributed by atoms with Gasteiger partial charge in [0.1, 0.15) is 11.3 Å². The van der Waals surface area contributed by atoms with Crippen LogP contribution in [0.25, 0.3) is 0 Å². The van der Waals surface area contributed by atoms with Crippen molar-refractivity contribution in [3.63, 3.8) is 0 Å². The Kier molecular flexibility index (Phi) is 5.45. The number of rotatable bonds is 5. The molecule has 2 aromatic rings. The van der Waals surface area contributed by atoms with Crippen LogP contribution in [-0.4, -0.2) is 22.8 Å². The van der Waals surface area contributed by atoms with Crippen molar-refractivity contribution in [1.29, 1.82) is 0 Å². The van der Waals surface area contributed by atoms with Crippen LogP contribution in [0.5, 0.6) is 5.75 Å². The van der Waals surface area contributed by atoms with Crippen LogP contribution < -0.4 is 15.6 Å². The lowest BCUT2D eigenvalue weighted by atomic mass is 10.2. The van der Waals surface area contributed by atoms with Crippen LogP contribution >= 0.6 is 0 Å². The summed E-state index contributed by atoms with van der Waals surface area (Å²) in [6.45, 7) is 1.51. The fourth-order valence-electron chi connectivity index (χ4n) is 1.87. The monoisotopic (exact) mass is 329 g/mol. The summed E-state index contributed by atoms with van der Waals surface area (Å²) in [7, 11) is 0. The van der Waals surface area contributed by atoms with Crippen molar-refractivity contribution < 1.29 is 19.2 Å². The Morgan fingerprint density at radius 1 is 1.04 bits per heavy atom. The molecule has 1 unspecified atom stereocenters. The van der Waals surface area contributed by atoms with Gasteiger partial charge in [0.2, 0.25) is 0 Å². The highest BCUT2D eigenvalue weighted by atomic mass is 16.6. The summed E-state index contributed by atoms with van der Waals surface area (Å²) in [5.74, 6) is -0.876. The van der Waals surface area contributed by atoms with E-state index in [9.17, 15) is 19.7 Å². The first-order chi connectivity index (χ1) is 11.5. The number of amides is 2. The first-order valence-corrected chi connectivity index (χ1v) is 7.04. The number of carbonyl (C=O) groups excluding carboxylic acids is 2. The number of hydrogen-bond acceptors (Lipinski definition) is 5.